The smallest absolute Gasteiger partial charge is 0.339 e. The number of anilines is 1. The second-order valence-corrected chi connectivity index (χ2v) is 6.66. The van der Waals surface area contributed by atoms with E-state index >= 15 is 0 Å². The van der Waals surface area contributed by atoms with Crippen molar-refractivity contribution >= 4 is 35.2 Å². The molecule has 0 heterocycles. The van der Waals surface area contributed by atoms with Crippen LogP contribution in [0.2, 0.25) is 5.02 Å². The molecule has 0 radical (unpaired) electrons. The summed E-state index contributed by atoms with van der Waals surface area (Å²) >= 11 is 5.59. The van der Waals surface area contributed by atoms with Crippen molar-refractivity contribution in [3.63, 3.8) is 0 Å². The molecule has 1 N–H and O–H groups in total. The molecule has 0 aliphatic rings. The Morgan fingerprint density at radius 3 is 2.48 bits per heavy atom. The maximum Gasteiger partial charge on any atom is 0.417 e. The zero-order valence-corrected chi connectivity index (χ0v) is 16.6. The van der Waals surface area contributed by atoms with Crippen LogP contribution in [0.25, 0.3) is 6.08 Å². The average molecular weight is 425 g/mol. The third kappa shape index (κ3) is 6.35. The molecule has 0 saturated heterocycles. The summed E-state index contributed by atoms with van der Waals surface area (Å²) in [6.45, 7) is 4.18. The molecule has 0 saturated carbocycles. The number of para-hydroxylation sites is 1. The highest BCUT2D eigenvalue weighted by Gasteiger charge is 2.33. The minimum Gasteiger partial charge on any atom is -0.339 e. The fourth-order valence-corrected chi connectivity index (χ4v) is 2.87. The summed E-state index contributed by atoms with van der Waals surface area (Å²) in [5, 5.41) is 2.29. The molecule has 2 amide bonds. The quantitative estimate of drug-likeness (QED) is 0.633. The van der Waals surface area contributed by atoms with E-state index in [-0.39, 0.29) is 11.5 Å². The predicted molar refractivity (Wildman–Crippen MR) is 107 cm³/mol. The summed E-state index contributed by atoms with van der Waals surface area (Å²) in [5.74, 6) is -0.594. The number of rotatable bonds is 6. The molecule has 29 heavy (non-hydrogen) atoms. The van der Waals surface area contributed by atoms with Crippen molar-refractivity contribution in [2.24, 2.45) is 0 Å². The molecular weight excluding hydrogens is 405 g/mol. The molecule has 0 aliphatic heterocycles. The van der Waals surface area contributed by atoms with Gasteiger partial charge in [0.15, 0.2) is 0 Å². The number of nitrogens with one attached hydrogen (secondary N) is 1. The highest BCUT2D eigenvalue weighted by atomic mass is 35.5. The summed E-state index contributed by atoms with van der Waals surface area (Å²) in [6, 6.07) is 10.4. The molecule has 2 aromatic rings. The molecule has 0 atom stereocenters. The van der Waals surface area contributed by atoms with Crippen molar-refractivity contribution in [3.05, 3.63) is 70.3 Å². The van der Waals surface area contributed by atoms with Gasteiger partial charge in [0.1, 0.15) is 0 Å². The van der Waals surface area contributed by atoms with E-state index in [1.807, 2.05) is 6.92 Å². The van der Waals surface area contributed by atoms with Crippen molar-refractivity contribution in [2.75, 3.05) is 11.9 Å². The minimum absolute atomic E-state index is 0.0864. The van der Waals surface area contributed by atoms with Gasteiger partial charge in [-0.15, -0.1) is 0 Å². The maximum atomic E-state index is 12.9. The second kappa shape index (κ2) is 9.60. The third-order valence-electron chi connectivity index (χ3n) is 4.19. The molecular formula is C21H20ClF3N2O2. The lowest BCUT2D eigenvalue weighted by Gasteiger charge is -2.20. The van der Waals surface area contributed by atoms with Crippen LogP contribution in [-0.2, 0) is 22.3 Å². The fraction of sp³-hybridized carbons (Fsp3) is 0.238. The van der Waals surface area contributed by atoms with Gasteiger partial charge in [0, 0.05) is 31.8 Å². The Hall–Kier alpha value is -2.80. The standard InChI is InChI=1S/C21H20ClF3N2O2/c1-3-27(14(2)28)13-16-6-4-5-7-19(16)26-20(29)11-9-15-8-10-18(22)17(12-15)21(23,24)25/h4-12H,3,13H2,1-2H3,(H,26,29)/b11-9+. The van der Waals surface area contributed by atoms with E-state index < -0.39 is 22.7 Å². The number of carbonyl (C=O) groups excluding carboxylic acids is 2. The summed E-state index contributed by atoms with van der Waals surface area (Å²) in [6.07, 6.45) is -2.16. The van der Waals surface area contributed by atoms with Gasteiger partial charge in [-0.3, -0.25) is 9.59 Å². The van der Waals surface area contributed by atoms with E-state index in [1.165, 1.54) is 19.1 Å². The van der Waals surface area contributed by atoms with Gasteiger partial charge in [0.05, 0.1) is 10.6 Å². The average Bonchev–Trinajstić information content (AvgIpc) is 2.65. The topological polar surface area (TPSA) is 49.4 Å². The van der Waals surface area contributed by atoms with Crippen molar-refractivity contribution in [1.29, 1.82) is 0 Å². The first-order valence-electron chi connectivity index (χ1n) is 8.81. The number of nitrogens with zero attached hydrogens (tertiary/aromatic N) is 1. The first-order chi connectivity index (χ1) is 13.6. The summed E-state index contributed by atoms with van der Waals surface area (Å²) in [4.78, 5) is 25.5. The zero-order valence-electron chi connectivity index (χ0n) is 15.9. The molecule has 0 aliphatic carbocycles. The largest absolute Gasteiger partial charge is 0.417 e. The van der Waals surface area contributed by atoms with Gasteiger partial charge in [0.2, 0.25) is 11.8 Å². The molecule has 154 valence electrons. The van der Waals surface area contributed by atoms with Crippen molar-refractivity contribution in [3.8, 4) is 0 Å². The molecule has 0 fully saturated rings. The van der Waals surface area contributed by atoms with Crippen LogP contribution in [0.3, 0.4) is 0 Å². The van der Waals surface area contributed by atoms with Crippen LogP contribution in [0, 0.1) is 0 Å². The van der Waals surface area contributed by atoms with Crippen LogP contribution >= 0.6 is 11.6 Å². The van der Waals surface area contributed by atoms with E-state index in [4.69, 9.17) is 11.6 Å². The Morgan fingerprint density at radius 2 is 1.86 bits per heavy atom. The van der Waals surface area contributed by atoms with Crippen molar-refractivity contribution in [2.45, 2.75) is 26.6 Å². The van der Waals surface area contributed by atoms with E-state index in [2.05, 4.69) is 5.32 Å². The van der Waals surface area contributed by atoms with Crippen LogP contribution in [0.1, 0.15) is 30.5 Å². The van der Waals surface area contributed by atoms with Crippen LogP contribution in [0.4, 0.5) is 18.9 Å². The van der Waals surface area contributed by atoms with Crippen molar-refractivity contribution in [1.82, 2.24) is 4.90 Å². The molecule has 0 aromatic heterocycles. The number of halogens is 4. The van der Waals surface area contributed by atoms with Gasteiger partial charge < -0.3 is 10.2 Å². The molecule has 2 aromatic carbocycles. The number of hydrogen-bond donors (Lipinski definition) is 1. The Bertz CT molecular complexity index is 926. The lowest BCUT2D eigenvalue weighted by molar-refractivity contribution is -0.137. The Morgan fingerprint density at radius 1 is 1.17 bits per heavy atom. The Kier molecular flexibility index (Phi) is 7.45. The number of benzene rings is 2. The minimum atomic E-state index is -4.58. The first kappa shape index (κ1) is 22.5. The molecule has 4 nitrogen and oxygen atoms in total. The van der Waals surface area contributed by atoms with Gasteiger partial charge in [-0.25, -0.2) is 0 Å². The molecule has 2 rings (SSSR count). The fourth-order valence-electron chi connectivity index (χ4n) is 2.64. The lowest BCUT2D eigenvalue weighted by Crippen LogP contribution is -2.28. The van der Waals surface area contributed by atoms with Gasteiger partial charge in [0.25, 0.3) is 0 Å². The van der Waals surface area contributed by atoms with Gasteiger partial charge in [-0.1, -0.05) is 35.9 Å². The Labute approximate surface area is 172 Å². The zero-order chi connectivity index (χ0) is 21.6. The first-order valence-corrected chi connectivity index (χ1v) is 9.18. The van der Waals surface area contributed by atoms with Crippen LogP contribution in [0.5, 0.6) is 0 Å². The van der Waals surface area contributed by atoms with Gasteiger partial charge in [-0.2, -0.15) is 13.2 Å². The normalized spacial score (nSPS) is 11.5. The molecule has 8 heteroatoms. The second-order valence-electron chi connectivity index (χ2n) is 6.25. The van der Waals surface area contributed by atoms with Crippen molar-refractivity contribution < 1.29 is 22.8 Å². The predicted octanol–water partition coefficient (Wildman–Crippen LogP) is 5.38. The molecule has 0 spiro atoms. The van der Waals surface area contributed by atoms with E-state index in [1.54, 1.807) is 29.2 Å². The maximum absolute atomic E-state index is 12.9. The SMILES string of the molecule is CCN(Cc1ccccc1NC(=O)/C=C/c1ccc(Cl)c(C(F)(F)F)c1)C(C)=O. The highest BCUT2D eigenvalue weighted by molar-refractivity contribution is 6.31. The molecule has 0 bridgehead atoms. The number of hydrogen-bond acceptors (Lipinski definition) is 2. The highest BCUT2D eigenvalue weighted by Crippen LogP contribution is 2.35. The van der Waals surface area contributed by atoms with Crippen LogP contribution in [-0.4, -0.2) is 23.3 Å². The van der Waals surface area contributed by atoms with Gasteiger partial charge >= 0.3 is 6.18 Å². The van der Waals surface area contributed by atoms with E-state index in [0.29, 0.717) is 18.8 Å². The summed E-state index contributed by atoms with van der Waals surface area (Å²) < 4.78 is 38.8. The lowest BCUT2D eigenvalue weighted by atomic mass is 10.1. The third-order valence-corrected chi connectivity index (χ3v) is 4.52. The number of amides is 2. The van der Waals surface area contributed by atoms with Gasteiger partial charge in [-0.05, 0) is 42.3 Å². The van der Waals surface area contributed by atoms with E-state index in [0.717, 1.165) is 23.8 Å². The van der Waals surface area contributed by atoms with Crippen LogP contribution in [0.15, 0.2) is 48.5 Å². The van der Waals surface area contributed by atoms with E-state index in [9.17, 15) is 22.8 Å². The number of carbonyl (C=O) groups is 2. The summed E-state index contributed by atoms with van der Waals surface area (Å²) in [5.41, 5.74) is 0.501. The molecule has 0 unspecified atom stereocenters. The number of alkyl halides is 3. The summed E-state index contributed by atoms with van der Waals surface area (Å²) in [7, 11) is 0. The Balaban J connectivity index is 2.15. The van der Waals surface area contributed by atoms with Crippen LogP contribution < -0.4 is 5.32 Å². The monoisotopic (exact) mass is 424 g/mol.